The number of nitrogens with one attached hydrogen (secondary N) is 1. The summed E-state index contributed by atoms with van der Waals surface area (Å²) in [5, 5.41) is 3.13. The Kier molecular flexibility index (Phi) is 9.30. The summed E-state index contributed by atoms with van der Waals surface area (Å²) in [7, 11) is 0. The van der Waals surface area contributed by atoms with Crippen molar-refractivity contribution in [2.75, 3.05) is 6.61 Å². The predicted molar refractivity (Wildman–Crippen MR) is 95.0 cm³/mol. The quantitative estimate of drug-likeness (QED) is 0.587. The molecule has 0 aliphatic heterocycles. The van der Waals surface area contributed by atoms with Crippen molar-refractivity contribution >= 4 is 5.91 Å². The molecule has 22 heavy (non-hydrogen) atoms. The van der Waals surface area contributed by atoms with E-state index in [-0.39, 0.29) is 23.0 Å². The third kappa shape index (κ3) is 9.45. The van der Waals surface area contributed by atoms with Gasteiger partial charge in [0, 0.05) is 18.1 Å². The Labute approximate surface area is 138 Å². The minimum absolute atomic E-state index is 0.0761. The molecule has 0 spiro atoms. The summed E-state index contributed by atoms with van der Waals surface area (Å²) in [5.41, 5.74) is -0.298. The smallest absolute Gasteiger partial charge is 0.223 e. The van der Waals surface area contributed by atoms with E-state index in [1.165, 1.54) is 12.8 Å². The van der Waals surface area contributed by atoms with Gasteiger partial charge in [0.15, 0.2) is 0 Å². The highest BCUT2D eigenvalue weighted by atomic mass is 16.5. The van der Waals surface area contributed by atoms with Gasteiger partial charge in [-0.05, 0) is 59.3 Å². The first kappa shape index (κ1) is 21.4. The van der Waals surface area contributed by atoms with Crippen LogP contribution in [-0.2, 0) is 9.53 Å². The summed E-state index contributed by atoms with van der Waals surface area (Å²) in [6.07, 6.45) is 5.23. The van der Waals surface area contributed by atoms with Crippen LogP contribution in [0.4, 0.5) is 0 Å². The number of amides is 1. The van der Waals surface area contributed by atoms with Crippen LogP contribution in [0.1, 0.15) is 87.5 Å². The number of hydrogen-bond acceptors (Lipinski definition) is 2. The predicted octanol–water partition coefficient (Wildman–Crippen LogP) is 4.94. The third-order valence-electron chi connectivity index (χ3n) is 4.68. The van der Waals surface area contributed by atoms with Gasteiger partial charge in [-0.15, -0.1) is 0 Å². The zero-order valence-electron chi connectivity index (χ0n) is 16.2. The molecule has 0 aromatic rings. The Morgan fingerprint density at radius 2 is 1.64 bits per heavy atom. The standard InChI is InChI=1S/C19H39NO2/c1-9-15(3)11-12-19(7,8)22-14-13-18(5,6)20-17(21)16(4)10-2/h15-16H,9-14H2,1-8H3,(H,20,21). The molecule has 3 nitrogen and oxygen atoms in total. The molecule has 0 saturated carbocycles. The van der Waals surface area contributed by atoms with E-state index in [2.05, 4.69) is 46.9 Å². The van der Waals surface area contributed by atoms with Crippen LogP contribution in [0.2, 0.25) is 0 Å². The topological polar surface area (TPSA) is 38.3 Å². The first-order chi connectivity index (χ1) is 10.0. The lowest BCUT2D eigenvalue weighted by molar-refractivity contribution is -0.126. The third-order valence-corrected chi connectivity index (χ3v) is 4.68. The van der Waals surface area contributed by atoms with Crippen molar-refractivity contribution in [1.29, 1.82) is 0 Å². The van der Waals surface area contributed by atoms with Gasteiger partial charge in [0.25, 0.3) is 0 Å². The molecule has 0 aromatic carbocycles. The van der Waals surface area contributed by atoms with Crippen molar-refractivity contribution < 1.29 is 9.53 Å². The molecule has 0 saturated heterocycles. The van der Waals surface area contributed by atoms with Crippen LogP contribution in [0.15, 0.2) is 0 Å². The number of rotatable bonds is 11. The Balaban J connectivity index is 4.17. The summed E-state index contributed by atoms with van der Waals surface area (Å²) >= 11 is 0. The minimum Gasteiger partial charge on any atom is -0.375 e. The SMILES string of the molecule is CCC(C)CCC(C)(C)OCCC(C)(C)NC(=O)C(C)CC. The summed E-state index contributed by atoms with van der Waals surface area (Å²) in [6.45, 7) is 17.7. The summed E-state index contributed by atoms with van der Waals surface area (Å²) < 4.78 is 6.08. The minimum atomic E-state index is -0.215. The molecular formula is C19H39NO2. The largest absolute Gasteiger partial charge is 0.375 e. The molecule has 0 radical (unpaired) electrons. The maximum absolute atomic E-state index is 12.0. The molecule has 0 fully saturated rings. The highest BCUT2D eigenvalue weighted by Crippen LogP contribution is 2.22. The fourth-order valence-electron chi connectivity index (χ4n) is 2.16. The fourth-order valence-corrected chi connectivity index (χ4v) is 2.16. The first-order valence-corrected chi connectivity index (χ1v) is 8.99. The molecule has 1 N–H and O–H groups in total. The van der Waals surface area contributed by atoms with E-state index in [9.17, 15) is 4.79 Å². The van der Waals surface area contributed by atoms with E-state index >= 15 is 0 Å². The van der Waals surface area contributed by atoms with E-state index in [1.54, 1.807) is 0 Å². The fraction of sp³-hybridized carbons (Fsp3) is 0.947. The van der Waals surface area contributed by atoms with E-state index in [0.717, 1.165) is 25.2 Å². The van der Waals surface area contributed by atoms with Crippen molar-refractivity contribution in [3.63, 3.8) is 0 Å². The lowest BCUT2D eigenvalue weighted by Crippen LogP contribution is -2.46. The molecule has 0 heterocycles. The Morgan fingerprint density at radius 3 is 2.14 bits per heavy atom. The van der Waals surface area contributed by atoms with Gasteiger partial charge in [0.2, 0.25) is 5.91 Å². The number of ether oxygens (including phenoxy) is 1. The highest BCUT2D eigenvalue weighted by molar-refractivity contribution is 5.78. The Hall–Kier alpha value is -0.570. The van der Waals surface area contributed by atoms with Crippen molar-refractivity contribution in [2.24, 2.45) is 11.8 Å². The van der Waals surface area contributed by atoms with E-state index in [0.29, 0.717) is 6.61 Å². The molecule has 0 bridgehead atoms. The van der Waals surface area contributed by atoms with Crippen LogP contribution in [-0.4, -0.2) is 23.7 Å². The van der Waals surface area contributed by atoms with Crippen LogP contribution < -0.4 is 5.32 Å². The first-order valence-electron chi connectivity index (χ1n) is 8.99. The molecule has 0 aliphatic rings. The van der Waals surface area contributed by atoms with Gasteiger partial charge in [-0.3, -0.25) is 4.79 Å². The van der Waals surface area contributed by atoms with Crippen LogP contribution in [0.25, 0.3) is 0 Å². The summed E-state index contributed by atoms with van der Waals surface area (Å²) in [6, 6.07) is 0. The maximum Gasteiger partial charge on any atom is 0.223 e. The second-order valence-corrected chi connectivity index (χ2v) is 8.09. The molecule has 2 atom stereocenters. The van der Waals surface area contributed by atoms with Crippen molar-refractivity contribution in [3.05, 3.63) is 0 Å². The van der Waals surface area contributed by atoms with Gasteiger partial charge in [0.05, 0.1) is 5.60 Å². The van der Waals surface area contributed by atoms with Crippen molar-refractivity contribution in [1.82, 2.24) is 5.32 Å². The van der Waals surface area contributed by atoms with Crippen LogP contribution in [0.5, 0.6) is 0 Å². The Bertz CT molecular complexity index is 323. The molecule has 2 unspecified atom stereocenters. The zero-order chi connectivity index (χ0) is 17.4. The lowest BCUT2D eigenvalue weighted by atomic mass is 9.94. The molecule has 0 aliphatic carbocycles. The van der Waals surface area contributed by atoms with Crippen LogP contribution in [0.3, 0.4) is 0 Å². The second kappa shape index (κ2) is 9.54. The average Bonchev–Trinajstić information content (AvgIpc) is 2.42. The van der Waals surface area contributed by atoms with Crippen molar-refractivity contribution in [2.45, 2.75) is 98.6 Å². The zero-order valence-corrected chi connectivity index (χ0v) is 16.2. The molecule has 1 amide bonds. The highest BCUT2D eigenvalue weighted by Gasteiger charge is 2.25. The molecule has 0 rings (SSSR count). The van der Waals surface area contributed by atoms with E-state index in [4.69, 9.17) is 4.74 Å². The van der Waals surface area contributed by atoms with E-state index in [1.807, 2.05) is 13.8 Å². The summed E-state index contributed by atoms with van der Waals surface area (Å²) in [5.74, 6) is 0.977. The maximum atomic E-state index is 12.0. The van der Waals surface area contributed by atoms with Gasteiger partial charge >= 0.3 is 0 Å². The molecule has 0 aromatic heterocycles. The van der Waals surface area contributed by atoms with Gasteiger partial charge in [-0.1, -0.05) is 34.1 Å². The van der Waals surface area contributed by atoms with Gasteiger partial charge in [-0.2, -0.15) is 0 Å². The number of hydrogen-bond donors (Lipinski definition) is 1. The van der Waals surface area contributed by atoms with Gasteiger partial charge in [0.1, 0.15) is 0 Å². The van der Waals surface area contributed by atoms with Gasteiger partial charge < -0.3 is 10.1 Å². The normalized spacial score (nSPS) is 15.5. The Morgan fingerprint density at radius 1 is 1.05 bits per heavy atom. The monoisotopic (exact) mass is 313 g/mol. The lowest BCUT2D eigenvalue weighted by Gasteiger charge is -2.31. The van der Waals surface area contributed by atoms with E-state index < -0.39 is 0 Å². The van der Waals surface area contributed by atoms with Crippen LogP contribution >= 0.6 is 0 Å². The van der Waals surface area contributed by atoms with Crippen molar-refractivity contribution in [3.8, 4) is 0 Å². The van der Waals surface area contributed by atoms with Crippen LogP contribution in [0, 0.1) is 11.8 Å². The average molecular weight is 314 g/mol. The second-order valence-electron chi connectivity index (χ2n) is 8.09. The molecule has 3 heteroatoms. The number of carbonyl (C=O) groups excluding carboxylic acids is 1. The number of carbonyl (C=O) groups is 1. The molecule has 132 valence electrons. The molecular weight excluding hydrogens is 274 g/mol. The summed E-state index contributed by atoms with van der Waals surface area (Å²) in [4.78, 5) is 12.0. The van der Waals surface area contributed by atoms with Gasteiger partial charge in [-0.25, -0.2) is 0 Å².